The fourth-order valence-electron chi connectivity index (χ4n) is 3.18. The van der Waals surface area contributed by atoms with Crippen LogP contribution in [-0.2, 0) is 0 Å². The van der Waals surface area contributed by atoms with Crippen LogP contribution in [0.15, 0.2) is 65.8 Å². The molecule has 118 valence electrons. The molecule has 3 aromatic rings. The van der Waals surface area contributed by atoms with Crippen LogP contribution in [-0.4, -0.2) is 20.8 Å². The molecule has 24 heavy (non-hydrogen) atoms. The summed E-state index contributed by atoms with van der Waals surface area (Å²) in [5.74, 6) is 0.0190. The summed E-state index contributed by atoms with van der Waals surface area (Å²) in [5.41, 5.74) is 3.84. The lowest BCUT2D eigenvalue weighted by Gasteiger charge is -2.32. The van der Waals surface area contributed by atoms with Gasteiger partial charge >= 0.3 is 0 Å². The molecule has 0 amide bonds. The van der Waals surface area contributed by atoms with Crippen LogP contribution in [0.25, 0.3) is 11.0 Å². The fourth-order valence-corrected chi connectivity index (χ4v) is 3.45. The predicted molar refractivity (Wildman–Crippen MR) is 100 cm³/mol. The van der Waals surface area contributed by atoms with E-state index in [9.17, 15) is 0 Å². The molecule has 5 heteroatoms. The van der Waals surface area contributed by atoms with Gasteiger partial charge in [0.2, 0.25) is 0 Å². The lowest BCUT2D eigenvalue weighted by molar-refractivity contribution is 0.584. The molecule has 2 aromatic heterocycles. The van der Waals surface area contributed by atoms with Gasteiger partial charge in [-0.3, -0.25) is 0 Å². The Morgan fingerprint density at radius 1 is 1.00 bits per heavy atom. The summed E-state index contributed by atoms with van der Waals surface area (Å²) in [4.78, 5) is 13.6. The van der Waals surface area contributed by atoms with Gasteiger partial charge in [-0.2, -0.15) is 0 Å². The van der Waals surface area contributed by atoms with E-state index < -0.39 is 0 Å². The first kappa shape index (κ1) is 14.9. The fraction of sp³-hybridized carbons (Fsp3) is 0.158. The average molecular weight is 332 g/mol. The first-order chi connectivity index (χ1) is 11.7. The summed E-state index contributed by atoms with van der Waals surface area (Å²) < 4.78 is 0. The number of benzene rings is 1. The zero-order valence-corrected chi connectivity index (χ0v) is 14.0. The highest BCUT2D eigenvalue weighted by Gasteiger charge is 2.32. The Morgan fingerprint density at radius 3 is 2.67 bits per heavy atom. The Hall–Kier alpha value is -2.66. The van der Waals surface area contributed by atoms with Crippen LogP contribution in [0.5, 0.6) is 0 Å². The van der Waals surface area contributed by atoms with Crippen LogP contribution in [0.1, 0.15) is 30.1 Å². The van der Waals surface area contributed by atoms with E-state index in [2.05, 4.69) is 39.6 Å². The summed E-state index contributed by atoms with van der Waals surface area (Å²) in [6.45, 7) is 2.01. The zero-order chi connectivity index (χ0) is 16.5. The molecule has 0 fully saturated rings. The Balaban J connectivity index is 1.84. The van der Waals surface area contributed by atoms with Crippen molar-refractivity contribution in [1.82, 2.24) is 15.3 Å². The number of pyridine rings is 2. The molecule has 4 rings (SSSR count). The number of hydrogen-bond donors (Lipinski definition) is 1. The second kappa shape index (κ2) is 6.09. The lowest BCUT2D eigenvalue weighted by atomic mass is 9.85. The minimum Gasteiger partial charge on any atom is -0.353 e. The molecule has 0 aliphatic carbocycles. The molecular weight excluding hydrogens is 316 g/mol. The molecule has 1 aliphatic rings. The van der Waals surface area contributed by atoms with Gasteiger partial charge in [-0.1, -0.05) is 30.3 Å². The lowest BCUT2D eigenvalue weighted by Crippen LogP contribution is -2.38. The van der Waals surface area contributed by atoms with Gasteiger partial charge in [0.25, 0.3) is 0 Å². The van der Waals surface area contributed by atoms with E-state index in [0.717, 1.165) is 22.4 Å². The quantitative estimate of drug-likeness (QED) is 0.725. The van der Waals surface area contributed by atoms with Gasteiger partial charge in [0.05, 0.1) is 17.7 Å². The highest BCUT2D eigenvalue weighted by molar-refractivity contribution is 7.80. The highest BCUT2D eigenvalue weighted by atomic mass is 32.1. The summed E-state index contributed by atoms with van der Waals surface area (Å²) in [5, 5.41) is 4.90. The molecule has 0 saturated carbocycles. The van der Waals surface area contributed by atoms with E-state index >= 15 is 0 Å². The van der Waals surface area contributed by atoms with E-state index in [1.165, 1.54) is 5.56 Å². The molecule has 0 saturated heterocycles. The van der Waals surface area contributed by atoms with Gasteiger partial charge < -0.3 is 5.32 Å². The summed E-state index contributed by atoms with van der Waals surface area (Å²) >= 11 is 5.31. The number of nitrogens with zero attached hydrogens (tertiary/aromatic N) is 3. The SMILES string of the molecule is CC1=NC(=S)NC(c2ccccc2)C1c1ccc2cccnc2n1. The Bertz CT molecular complexity index is 936. The van der Waals surface area contributed by atoms with Crippen molar-refractivity contribution in [3.8, 4) is 0 Å². The number of aliphatic imine (C=N–C) groups is 1. The van der Waals surface area contributed by atoms with Crippen LogP contribution in [0.4, 0.5) is 0 Å². The standard InChI is InChI=1S/C19H16N4S/c1-12-16(15-10-9-14-8-5-11-20-18(14)22-15)17(23-19(24)21-12)13-6-3-2-4-7-13/h2-11,16-17H,1H3,(H,23,24). The normalized spacial score (nSPS) is 20.5. The number of rotatable bonds is 2. The van der Waals surface area contributed by atoms with Gasteiger partial charge in [-0.25, -0.2) is 15.0 Å². The number of aromatic nitrogens is 2. The van der Waals surface area contributed by atoms with E-state index in [1.54, 1.807) is 6.20 Å². The van der Waals surface area contributed by atoms with Gasteiger partial charge in [0, 0.05) is 17.3 Å². The van der Waals surface area contributed by atoms with Crippen LogP contribution in [0.3, 0.4) is 0 Å². The van der Waals surface area contributed by atoms with Crippen molar-refractivity contribution in [2.75, 3.05) is 0 Å². The molecule has 0 radical (unpaired) electrons. The second-order valence-electron chi connectivity index (χ2n) is 5.85. The summed E-state index contributed by atoms with van der Waals surface area (Å²) in [7, 11) is 0. The number of thiocarbonyl (C=S) groups is 1. The molecule has 4 nitrogen and oxygen atoms in total. The minimum absolute atomic E-state index is 0.0184. The van der Waals surface area contributed by atoms with Gasteiger partial charge in [0.15, 0.2) is 10.8 Å². The molecule has 0 spiro atoms. The maximum absolute atomic E-state index is 5.31. The first-order valence-electron chi connectivity index (χ1n) is 7.85. The third-order valence-electron chi connectivity index (χ3n) is 4.30. The van der Waals surface area contributed by atoms with E-state index in [4.69, 9.17) is 17.2 Å². The monoisotopic (exact) mass is 332 g/mol. The third kappa shape index (κ3) is 2.67. The molecule has 0 bridgehead atoms. The van der Waals surface area contributed by atoms with E-state index in [-0.39, 0.29) is 12.0 Å². The smallest absolute Gasteiger partial charge is 0.193 e. The average Bonchev–Trinajstić information content (AvgIpc) is 2.61. The van der Waals surface area contributed by atoms with Crippen molar-refractivity contribution < 1.29 is 0 Å². The van der Waals surface area contributed by atoms with Crippen molar-refractivity contribution >= 4 is 34.1 Å². The summed E-state index contributed by atoms with van der Waals surface area (Å²) in [6, 6.07) is 18.4. The topological polar surface area (TPSA) is 50.2 Å². The molecule has 1 aliphatic heterocycles. The Labute approximate surface area is 145 Å². The van der Waals surface area contributed by atoms with Crippen LogP contribution in [0.2, 0.25) is 0 Å². The zero-order valence-electron chi connectivity index (χ0n) is 13.2. The van der Waals surface area contributed by atoms with Gasteiger partial charge in [-0.15, -0.1) is 0 Å². The van der Waals surface area contributed by atoms with Crippen molar-refractivity contribution in [2.45, 2.75) is 18.9 Å². The molecule has 2 atom stereocenters. The molecule has 1 aromatic carbocycles. The Morgan fingerprint density at radius 2 is 1.83 bits per heavy atom. The largest absolute Gasteiger partial charge is 0.353 e. The van der Waals surface area contributed by atoms with E-state index in [0.29, 0.717) is 5.11 Å². The van der Waals surface area contributed by atoms with Crippen molar-refractivity contribution in [3.63, 3.8) is 0 Å². The molecule has 1 N–H and O–H groups in total. The van der Waals surface area contributed by atoms with Crippen LogP contribution < -0.4 is 5.32 Å². The molecule has 3 heterocycles. The maximum Gasteiger partial charge on any atom is 0.193 e. The van der Waals surface area contributed by atoms with Crippen molar-refractivity contribution in [3.05, 3.63) is 72.1 Å². The molecular formula is C19H16N4S. The third-order valence-corrected chi connectivity index (χ3v) is 4.51. The predicted octanol–water partition coefficient (Wildman–Crippen LogP) is 3.80. The molecule has 2 unspecified atom stereocenters. The van der Waals surface area contributed by atoms with Crippen LogP contribution >= 0.6 is 12.2 Å². The van der Waals surface area contributed by atoms with Crippen molar-refractivity contribution in [2.24, 2.45) is 4.99 Å². The summed E-state index contributed by atoms with van der Waals surface area (Å²) in [6.07, 6.45) is 1.77. The Kier molecular flexibility index (Phi) is 3.78. The van der Waals surface area contributed by atoms with Gasteiger partial charge in [0.1, 0.15) is 0 Å². The highest BCUT2D eigenvalue weighted by Crippen LogP contribution is 2.34. The van der Waals surface area contributed by atoms with E-state index in [1.807, 2.05) is 37.3 Å². The first-order valence-corrected chi connectivity index (χ1v) is 8.25. The number of hydrogen-bond acceptors (Lipinski definition) is 3. The van der Waals surface area contributed by atoms with Crippen LogP contribution in [0, 0.1) is 0 Å². The second-order valence-corrected chi connectivity index (χ2v) is 6.24. The van der Waals surface area contributed by atoms with Crippen molar-refractivity contribution in [1.29, 1.82) is 0 Å². The number of nitrogens with one attached hydrogen (secondary N) is 1. The minimum atomic E-state index is 0.0184. The number of fused-ring (bicyclic) bond motifs is 1. The maximum atomic E-state index is 5.31. The van der Waals surface area contributed by atoms with Gasteiger partial charge in [-0.05, 0) is 49.0 Å².